The summed E-state index contributed by atoms with van der Waals surface area (Å²) in [4.78, 5) is 4.71. The first kappa shape index (κ1) is 18.9. The van der Waals surface area contributed by atoms with E-state index in [2.05, 4.69) is 13.2 Å². The van der Waals surface area contributed by atoms with Crippen molar-refractivity contribution in [2.45, 2.75) is 12.8 Å². The van der Waals surface area contributed by atoms with Gasteiger partial charge in [-0.3, -0.25) is 4.99 Å². The number of fused-ring (bicyclic) bond motifs is 1. The van der Waals surface area contributed by atoms with Crippen LogP contribution in [0, 0.1) is 44.3 Å². The molecular weight excluding hydrogens is 528 g/mol. The van der Waals surface area contributed by atoms with Crippen molar-refractivity contribution in [2.24, 2.45) is 4.99 Å². The Morgan fingerprint density at radius 2 is 1.92 bits per heavy atom. The smallest absolute Gasteiger partial charge is 0.683 e. The Labute approximate surface area is 166 Å². The minimum Gasteiger partial charge on any atom is -0.683 e. The largest absolute Gasteiger partial charge is 2.00 e. The summed E-state index contributed by atoms with van der Waals surface area (Å²) >= 11 is 0. The van der Waals surface area contributed by atoms with Crippen molar-refractivity contribution in [1.82, 2.24) is 0 Å². The second-order valence-corrected chi connectivity index (χ2v) is 5.33. The van der Waals surface area contributed by atoms with Crippen molar-refractivity contribution in [3.05, 3.63) is 60.2 Å². The molecule has 0 amide bonds. The summed E-state index contributed by atoms with van der Waals surface area (Å²) in [7, 11) is 6.73. The van der Waals surface area contributed by atoms with Gasteiger partial charge in [0.15, 0.2) is 11.5 Å². The summed E-state index contributed by atoms with van der Waals surface area (Å²) in [6.07, 6.45) is 1.64. The summed E-state index contributed by atoms with van der Waals surface area (Å²) < 4.78 is 15.8. The number of hydrogen-bond acceptors (Lipinski definition) is 4. The zero-order valence-electron chi connectivity index (χ0n) is 13.9. The van der Waals surface area contributed by atoms with Gasteiger partial charge in [0.25, 0.3) is 0 Å². The van der Waals surface area contributed by atoms with E-state index in [1.807, 2.05) is 30.3 Å². The predicted octanol–water partition coefficient (Wildman–Crippen LogP) is 3.26. The summed E-state index contributed by atoms with van der Waals surface area (Å²) in [6, 6.07) is 12.8. The van der Waals surface area contributed by atoms with Crippen molar-refractivity contribution >= 4 is 5.71 Å². The van der Waals surface area contributed by atoms with Gasteiger partial charge < -0.3 is 14.2 Å². The zero-order valence-corrected chi connectivity index (χ0v) is 18.1. The molecule has 1 heterocycles. The van der Waals surface area contributed by atoms with Crippen molar-refractivity contribution in [2.75, 3.05) is 20.8 Å². The van der Waals surface area contributed by atoms with Crippen LogP contribution in [0.3, 0.4) is 0 Å². The SMILES string of the molecule is [CH2-]Oc1[c-]ccc(CC2=NCCc3cc(OC)c(OC)cc32)c1.[U+2]. The molecule has 0 unspecified atom stereocenters. The normalized spacial score (nSPS) is 12.5. The molecule has 0 atom stereocenters. The van der Waals surface area contributed by atoms with Gasteiger partial charge in [-0.2, -0.15) is 19.2 Å². The quantitative estimate of drug-likeness (QED) is 0.540. The molecule has 4 nitrogen and oxygen atoms in total. The molecule has 2 aromatic rings. The molecule has 0 saturated carbocycles. The third-order valence-corrected chi connectivity index (χ3v) is 3.97. The molecule has 0 aromatic heterocycles. The Morgan fingerprint density at radius 1 is 1.17 bits per heavy atom. The van der Waals surface area contributed by atoms with Gasteiger partial charge in [-0.15, -0.1) is 17.7 Å². The van der Waals surface area contributed by atoms with Crippen molar-refractivity contribution in [3.8, 4) is 17.2 Å². The summed E-state index contributed by atoms with van der Waals surface area (Å²) in [5.74, 6) is 2.12. The van der Waals surface area contributed by atoms with E-state index in [-0.39, 0.29) is 31.1 Å². The van der Waals surface area contributed by atoms with Gasteiger partial charge in [0, 0.05) is 17.8 Å². The van der Waals surface area contributed by atoms with E-state index in [4.69, 9.17) is 19.2 Å². The molecule has 3 rings (SSSR count). The van der Waals surface area contributed by atoms with Crippen LogP contribution < -0.4 is 14.2 Å². The molecule has 1 aliphatic rings. The molecule has 0 fully saturated rings. The number of rotatable bonds is 5. The van der Waals surface area contributed by atoms with Crippen LogP contribution in [-0.2, 0) is 12.8 Å². The molecule has 122 valence electrons. The molecule has 0 spiro atoms. The molecule has 5 heteroatoms. The average Bonchev–Trinajstić information content (AvgIpc) is 2.61. The predicted molar refractivity (Wildman–Crippen MR) is 89.6 cm³/mol. The van der Waals surface area contributed by atoms with E-state index in [1.165, 1.54) is 5.56 Å². The van der Waals surface area contributed by atoms with E-state index in [0.717, 1.165) is 47.7 Å². The number of ether oxygens (including phenoxy) is 3. The molecular formula is C19H19NO3U. The van der Waals surface area contributed by atoms with Gasteiger partial charge in [0.05, 0.1) is 14.2 Å². The number of methoxy groups -OCH3 is 2. The first-order valence-electron chi connectivity index (χ1n) is 7.46. The van der Waals surface area contributed by atoms with Crippen LogP contribution >= 0.6 is 0 Å². The fourth-order valence-corrected chi connectivity index (χ4v) is 2.82. The van der Waals surface area contributed by atoms with Gasteiger partial charge in [-0.05, 0) is 36.3 Å². The first-order chi connectivity index (χ1) is 11.2. The third kappa shape index (κ3) is 3.96. The fourth-order valence-electron chi connectivity index (χ4n) is 2.82. The Morgan fingerprint density at radius 3 is 2.62 bits per heavy atom. The number of hydrogen-bond donors (Lipinski definition) is 0. The van der Waals surface area contributed by atoms with Crippen LogP contribution in [0.2, 0.25) is 0 Å². The summed E-state index contributed by atoms with van der Waals surface area (Å²) in [5.41, 5.74) is 4.53. The molecule has 0 aliphatic carbocycles. The second kappa shape index (κ2) is 8.60. The maximum atomic E-state index is 5.42. The van der Waals surface area contributed by atoms with Crippen molar-refractivity contribution in [1.29, 1.82) is 0 Å². The minimum atomic E-state index is 0. The Hall–Kier alpha value is -1.44. The zero-order chi connectivity index (χ0) is 16.2. The van der Waals surface area contributed by atoms with E-state index in [1.54, 1.807) is 14.2 Å². The van der Waals surface area contributed by atoms with E-state index in [9.17, 15) is 0 Å². The van der Waals surface area contributed by atoms with Gasteiger partial charge in [-0.1, -0.05) is 0 Å². The van der Waals surface area contributed by atoms with Crippen LogP contribution in [0.25, 0.3) is 0 Å². The molecule has 0 N–H and O–H groups in total. The van der Waals surface area contributed by atoms with Crippen LogP contribution in [0.15, 0.2) is 35.3 Å². The topological polar surface area (TPSA) is 40.0 Å². The number of benzene rings is 2. The molecule has 1 aliphatic heterocycles. The van der Waals surface area contributed by atoms with E-state index < -0.39 is 0 Å². The second-order valence-electron chi connectivity index (χ2n) is 5.33. The summed E-state index contributed by atoms with van der Waals surface area (Å²) in [6.45, 7) is 0.787. The third-order valence-electron chi connectivity index (χ3n) is 3.97. The van der Waals surface area contributed by atoms with Crippen molar-refractivity contribution < 1.29 is 45.3 Å². The van der Waals surface area contributed by atoms with E-state index in [0.29, 0.717) is 5.75 Å². The van der Waals surface area contributed by atoms with E-state index >= 15 is 0 Å². The maximum Gasteiger partial charge on any atom is 2.00 e. The maximum absolute atomic E-state index is 5.42. The average molecular weight is 547 g/mol. The fraction of sp³-hybridized carbons (Fsp3) is 0.263. The number of aliphatic imine (C=N–C) groups is 1. The summed E-state index contributed by atoms with van der Waals surface area (Å²) in [5, 5.41) is 0. The van der Waals surface area contributed by atoms with Crippen LogP contribution in [0.5, 0.6) is 17.2 Å². The Kier molecular flexibility index (Phi) is 6.77. The molecule has 0 radical (unpaired) electrons. The van der Waals surface area contributed by atoms with Gasteiger partial charge >= 0.3 is 31.1 Å². The minimum absolute atomic E-state index is 0. The number of nitrogens with zero attached hydrogens (tertiary/aromatic N) is 1. The molecule has 0 bridgehead atoms. The van der Waals surface area contributed by atoms with Crippen molar-refractivity contribution in [3.63, 3.8) is 0 Å². The standard InChI is InChI=1S/C19H19NO3.U/c1-21-15-6-4-5-13(9-15)10-17-16-12-19(23-3)18(22-2)11-14(16)7-8-20-17;/h4-5,9,11-12H,1,7-8,10H2,2-3H3;/q-2;+2. The molecule has 2 aromatic carbocycles. The van der Waals surface area contributed by atoms with Crippen LogP contribution in [0.4, 0.5) is 0 Å². The molecule has 24 heavy (non-hydrogen) atoms. The van der Waals surface area contributed by atoms with Gasteiger partial charge in [0.2, 0.25) is 0 Å². The van der Waals surface area contributed by atoms with Crippen LogP contribution in [0.1, 0.15) is 16.7 Å². The Balaban J connectivity index is 0.00000208. The van der Waals surface area contributed by atoms with Gasteiger partial charge in [-0.25, -0.2) is 0 Å². The first-order valence-corrected chi connectivity index (χ1v) is 7.46. The molecule has 0 saturated heterocycles. The Bertz CT molecular complexity index is 743. The monoisotopic (exact) mass is 547 g/mol. The van der Waals surface area contributed by atoms with Gasteiger partial charge in [0.1, 0.15) is 0 Å². The van der Waals surface area contributed by atoms with Crippen LogP contribution in [-0.4, -0.2) is 26.5 Å².